The molecular formula is C24H21F3N6O3S. The predicted octanol–water partition coefficient (Wildman–Crippen LogP) is 3.37. The van der Waals surface area contributed by atoms with Gasteiger partial charge in [0.15, 0.2) is 21.5 Å². The molecule has 0 aliphatic carbocycles. The molecule has 13 heteroatoms. The van der Waals surface area contributed by atoms with Crippen LogP contribution in [-0.2, 0) is 23.4 Å². The Morgan fingerprint density at radius 2 is 1.86 bits per heavy atom. The monoisotopic (exact) mass is 530 g/mol. The molecule has 2 aliphatic rings. The van der Waals surface area contributed by atoms with E-state index in [9.17, 15) is 17.6 Å². The zero-order chi connectivity index (χ0) is 26.2. The Bertz CT molecular complexity index is 1770. The molecule has 0 unspecified atom stereocenters. The van der Waals surface area contributed by atoms with Gasteiger partial charge < -0.3 is 19.4 Å². The molecule has 2 aliphatic heterocycles. The number of aromatic nitrogens is 3. The van der Waals surface area contributed by atoms with Crippen LogP contribution in [0.3, 0.4) is 0 Å². The number of anilines is 4. The second-order valence-electron chi connectivity index (χ2n) is 9.33. The fourth-order valence-electron chi connectivity index (χ4n) is 5.13. The lowest BCUT2D eigenvalue weighted by molar-refractivity contribution is 0.427. The lowest BCUT2D eigenvalue weighted by Crippen LogP contribution is -2.40. The number of benzene rings is 1. The number of rotatable bonds is 3. The molecule has 192 valence electrons. The number of nitrogens with one attached hydrogen (secondary N) is 1. The SMILES string of the molecule is Cn1cc2c3c(c[nH]c3c1=O)CN(c1ncc(F)cc1F)c1cc3c(cc1-2)N(CS(C)(=O)=O)CCN3F. The van der Waals surface area contributed by atoms with Crippen LogP contribution in [0, 0.1) is 11.6 Å². The molecule has 5 heterocycles. The van der Waals surface area contributed by atoms with Gasteiger partial charge in [0.1, 0.15) is 17.2 Å². The predicted molar refractivity (Wildman–Crippen MR) is 134 cm³/mol. The van der Waals surface area contributed by atoms with Crippen molar-refractivity contribution in [2.45, 2.75) is 6.54 Å². The number of hydrogen-bond acceptors (Lipinski definition) is 7. The van der Waals surface area contributed by atoms with Gasteiger partial charge in [-0.15, -0.1) is 0 Å². The molecule has 0 saturated carbocycles. The third-order valence-corrected chi connectivity index (χ3v) is 7.47. The van der Waals surface area contributed by atoms with E-state index in [1.54, 1.807) is 30.4 Å². The maximum Gasteiger partial charge on any atom is 0.274 e. The smallest absolute Gasteiger partial charge is 0.274 e. The minimum absolute atomic E-state index is 0.0564. The zero-order valence-electron chi connectivity index (χ0n) is 19.8. The molecule has 4 aromatic rings. The Balaban J connectivity index is 1.69. The highest BCUT2D eigenvalue weighted by atomic mass is 32.2. The normalized spacial score (nSPS) is 15.1. The van der Waals surface area contributed by atoms with Gasteiger partial charge in [-0.1, -0.05) is 4.48 Å². The molecule has 0 atom stereocenters. The van der Waals surface area contributed by atoms with Gasteiger partial charge >= 0.3 is 0 Å². The molecule has 0 amide bonds. The van der Waals surface area contributed by atoms with E-state index in [1.807, 2.05) is 0 Å². The van der Waals surface area contributed by atoms with Crippen molar-refractivity contribution in [1.29, 1.82) is 0 Å². The first kappa shape index (κ1) is 23.4. The topological polar surface area (TPSA) is 94.5 Å². The van der Waals surface area contributed by atoms with Crippen LogP contribution in [0.1, 0.15) is 5.56 Å². The molecule has 1 N–H and O–H groups in total. The van der Waals surface area contributed by atoms with E-state index in [2.05, 4.69) is 9.97 Å². The molecule has 0 saturated heterocycles. The summed E-state index contributed by atoms with van der Waals surface area (Å²) in [4.78, 5) is 22.9. The van der Waals surface area contributed by atoms with Crippen molar-refractivity contribution in [3.63, 3.8) is 0 Å². The average Bonchev–Trinajstić information content (AvgIpc) is 3.19. The first-order valence-electron chi connectivity index (χ1n) is 11.3. The van der Waals surface area contributed by atoms with Crippen molar-refractivity contribution < 1.29 is 21.7 Å². The number of hydrogen-bond donors (Lipinski definition) is 1. The van der Waals surface area contributed by atoms with Crippen LogP contribution in [0.25, 0.3) is 22.0 Å². The molecule has 0 spiro atoms. The summed E-state index contributed by atoms with van der Waals surface area (Å²) in [7, 11) is -1.84. The van der Waals surface area contributed by atoms with Crippen LogP contribution in [0.15, 0.2) is 41.6 Å². The summed E-state index contributed by atoms with van der Waals surface area (Å²) in [5.41, 5.74) is 2.68. The third-order valence-electron chi connectivity index (χ3n) is 6.69. The highest BCUT2D eigenvalue weighted by molar-refractivity contribution is 7.90. The van der Waals surface area contributed by atoms with Crippen molar-refractivity contribution >= 4 is 43.6 Å². The van der Waals surface area contributed by atoms with E-state index in [-0.39, 0.29) is 42.6 Å². The molecule has 1 aromatic carbocycles. The number of aryl methyl sites for hydroxylation is 1. The van der Waals surface area contributed by atoms with Crippen LogP contribution in [0.4, 0.5) is 36.1 Å². The summed E-state index contributed by atoms with van der Waals surface area (Å²) >= 11 is 0. The maximum atomic E-state index is 15.1. The number of halogens is 3. The summed E-state index contributed by atoms with van der Waals surface area (Å²) < 4.78 is 69.5. The van der Waals surface area contributed by atoms with Crippen molar-refractivity contribution in [1.82, 2.24) is 14.5 Å². The third kappa shape index (κ3) is 3.72. The summed E-state index contributed by atoms with van der Waals surface area (Å²) in [5, 5.41) is 1.13. The van der Waals surface area contributed by atoms with Crippen molar-refractivity contribution in [2.75, 3.05) is 40.1 Å². The van der Waals surface area contributed by atoms with Crippen LogP contribution in [-0.4, -0.2) is 48.2 Å². The zero-order valence-corrected chi connectivity index (χ0v) is 20.6. The Kier molecular flexibility index (Phi) is 5.06. The van der Waals surface area contributed by atoms with E-state index in [1.165, 1.54) is 15.5 Å². The first-order valence-corrected chi connectivity index (χ1v) is 13.4. The van der Waals surface area contributed by atoms with Crippen molar-refractivity contribution in [2.24, 2.45) is 7.05 Å². The average molecular weight is 531 g/mol. The van der Waals surface area contributed by atoms with E-state index in [4.69, 9.17) is 0 Å². The molecule has 0 fully saturated rings. The molecular weight excluding hydrogens is 509 g/mol. The molecule has 9 nitrogen and oxygen atoms in total. The number of pyridine rings is 2. The Morgan fingerprint density at radius 3 is 2.59 bits per heavy atom. The van der Waals surface area contributed by atoms with E-state index in [0.717, 1.165) is 18.5 Å². The summed E-state index contributed by atoms with van der Waals surface area (Å²) in [5.74, 6) is -2.25. The van der Waals surface area contributed by atoms with Gasteiger partial charge in [0.25, 0.3) is 5.56 Å². The number of fused-ring (bicyclic) bond motifs is 3. The number of sulfone groups is 1. The lowest BCUT2D eigenvalue weighted by Gasteiger charge is -2.36. The van der Waals surface area contributed by atoms with Gasteiger partial charge in [0, 0.05) is 54.8 Å². The molecule has 37 heavy (non-hydrogen) atoms. The second-order valence-corrected chi connectivity index (χ2v) is 11.4. The number of nitrogens with zero attached hydrogens (tertiary/aromatic N) is 5. The van der Waals surface area contributed by atoms with Crippen LogP contribution in [0.5, 0.6) is 0 Å². The molecule has 3 aromatic heterocycles. The van der Waals surface area contributed by atoms with Gasteiger partial charge in [-0.2, -0.15) is 0 Å². The number of aromatic amines is 1. The van der Waals surface area contributed by atoms with E-state index in [0.29, 0.717) is 44.1 Å². The van der Waals surface area contributed by atoms with Crippen LogP contribution in [0.2, 0.25) is 0 Å². The van der Waals surface area contributed by atoms with Crippen molar-refractivity contribution in [3.05, 3.63) is 64.3 Å². The van der Waals surface area contributed by atoms with Gasteiger partial charge in [-0.05, 0) is 17.7 Å². The summed E-state index contributed by atoms with van der Waals surface area (Å²) in [6.07, 6.45) is 5.28. The van der Waals surface area contributed by atoms with Crippen LogP contribution < -0.4 is 20.5 Å². The van der Waals surface area contributed by atoms with Gasteiger partial charge in [0.2, 0.25) is 0 Å². The first-order chi connectivity index (χ1) is 17.5. The molecule has 0 radical (unpaired) electrons. The fraction of sp³-hybridized carbons (Fsp3) is 0.250. The Labute approximate surface area is 209 Å². The highest BCUT2D eigenvalue weighted by Crippen LogP contribution is 2.49. The standard InChI is InChI=1S/C24H21F3N6O3S/c1-30-11-16-15-6-19-20(33(27)4-3-31(19)12-37(2,35)36)7-18(15)32(23-17(26)5-14(25)9-29-23)10-13-8-28-22(21(13)16)24(30)34/h5-9,11,28H,3-4,10,12H2,1-2H3. The molecule has 0 bridgehead atoms. The quantitative estimate of drug-likeness (QED) is 0.406. The fourth-order valence-corrected chi connectivity index (χ4v) is 5.97. The Hall–Kier alpha value is -4.00. The molecule has 6 rings (SSSR count). The highest BCUT2D eigenvalue weighted by Gasteiger charge is 2.33. The van der Waals surface area contributed by atoms with Gasteiger partial charge in [-0.3, -0.25) is 4.79 Å². The minimum Gasteiger partial charge on any atom is -0.356 e. The Morgan fingerprint density at radius 1 is 1.08 bits per heavy atom. The number of H-pyrrole nitrogens is 1. The second kappa shape index (κ2) is 8.00. The van der Waals surface area contributed by atoms with Gasteiger partial charge in [0.05, 0.1) is 36.3 Å². The largest absolute Gasteiger partial charge is 0.356 e. The van der Waals surface area contributed by atoms with E-state index < -0.39 is 21.5 Å². The van der Waals surface area contributed by atoms with Gasteiger partial charge in [-0.25, -0.2) is 27.3 Å². The maximum absolute atomic E-state index is 15.1. The van der Waals surface area contributed by atoms with E-state index >= 15 is 8.87 Å². The van der Waals surface area contributed by atoms with Crippen molar-refractivity contribution in [3.8, 4) is 11.1 Å². The minimum atomic E-state index is -3.44. The summed E-state index contributed by atoms with van der Waals surface area (Å²) in [6.45, 7) is 0.112. The lowest BCUT2D eigenvalue weighted by atomic mass is 9.98. The summed E-state index contributed by atoms with van der Waals surface area (Å²) in [6, 6.07) is 3.88. The van der Waals surface area contributed by atoms with Crippen LogP contribution >= 0.6 is 0 Å².